The third kappa shape index (κ3) is 6.67. The Kier molecular flexibility index (Phi) is 9.67. The second-order valence-corrected chi connectivity index (χ2v) is 5.90. The van der Waals surface area contributed by atoms with Crippen LogP contribution in [0, 0.1) is 0 Å². The maximum atomic E-state index is 12.1. The number of rotatable bonds is 10. The topological polar surface area (TPSA) is 55.8 Å². The van der Waals surface area contributed by atoms with Crippen molar-refractivity contribution in [2.24, 2.45) is 0 Å². The summed E-state index contributed by atoms with van der Waals surface area (Å²) in [7, 11) is 0. The van der Waals surface area contributed by atoms with Crippen LogP contribution in [0.1, 0.15) is 71.6 Å². The van der Waals surface area contributed by atoms with E-state index in [0.29, 0.717) is 26.2 Å². The number of hydrogen-bond acceptors (Lipinski definition) is 4. The third-order valence-electron chi connectivity index (χ3n) is 3.93. The second-order valence-electron chi connectivity index (χ2n) is 5.90. The van der Waals surface area contributed by atoms with Gasteiger partial charge in [0.15, 0.2) is 0 Å². The van der Waals surface area contributed by atoms with Crippen LogP contribution < -0.4 is 0 Å². The minimum absolute atomic E-state index is 0.278. The maximum absolute atomic E-state index is 12.1. The molecule has 0 spiro atoms. The summed E-state index contributed by atoms with van der Waals surface area (Å²) in [6.45, 7) is 5.58. The van der Waals surface area contributed by atoms with Crippen LogP contribution in [0.3, 0.4) is 0 Å². The Morgan fingerprint density at radius 3 is 2.41 bits per heavy atom. The van der Waals surface area contributed by atoms with Gasteiger partial charge in [-0.25, -0.2) is 9.59 Å². The predicted octanol–water partition coefficient (Wildman–Crippen LogP) is 3.90. The zero-order chi connectivity index (χ0) is 16.2. The molecule has 1 aliphatic heterocycles. The van der Waals surface area contributed by atoms with E-state index in [2.05, 4.69) is 6.92 Å². The lowest BCUT2D eigenvalue weighted by Gasteiger charge is -2.22. The van der Waals surface area contributed by atoms with Gasteiger partial charge in [0.05, 0.1) is 13.2 Å². The monoisotopic (exact) mass is 313 g/mol. The highest BCUT2D eigenvalue weighted by Crippen LogP contribution is 2.20. The average molecular weight is 313 g/mol. The van der Waals surface area contributed by atoms with Gasteiger partial charge in [-0.2, -0.15) is 0 Å². The Morgan fingerprint density at radius 2 is 1.68 bits per heavy atom. The predicted molar refractivity (Wildman–Crippen MR) is 85.7 cm³/mol. The normalized spacial score (nSPS) is 17.5. The molecule has 1 fully saturated rings. The molecule has 5 heteroatoms. The molecule has 0 aromatic heterocycles. The smallest absolute Gasteiger partial charge is 0.410 e. The van der Waals surface area contributed by atoms with Gasteiger partial charge in [-0.3, -0.25) is 4.90 Å². The summed E-state index contributed by atoms with van der Waals surface area (Å²) in [5, 5.41) is 0. The molecule has 1 saturated heterocycles. The third-order valence-corrected chi connectivity index (χ3v) is 3.93. The number of carbonyl (C=O) groups is 2. The van der Waals surface area contributed by atoms with E-state index in [4.69, 9.17) is 9.47 Å². The lowest BCUT2D eigenvalue weighted by molar-refractivity contribution is -0.148. The number of likely N-dealkylation sites (tertiary alicyclic amines) is 1. The first kappa shape index (κ1) is 18.8. The highest BCUT2D eigenvalue weighted by molar-refractivity contribution is 5.82. The molecule has 128 valence electrons. The van der Waals surface area contributed by atoms with Crippen molar-refractivity contribution in [3.05, 3.63) is 0 Å². The van der Waals surface area contributed by atoms with E-state index < -0.39 is 6.04 Å². The largest absolute Gasteiger partial charge is 0.464 e. The van der Waals surface area contributed by atoms with Crippen LogP contribution in [-0.2, 0) is 14.3 Å². The Bertz CT molecular complexity index is 333. The summed E-state index contributed by atoms with van der Waals surface area (Å²) in [5.74, 6) is -0.278. The minimum atomic E-state index is -0.454. The fraction of sp³-hybridized carbons (Fsp3) is 0.882. The van der Waals surface area contributed by atoms with Crippen molar-refractivity contribution in [3.8, 4) is 0 Å². The molecule has 1 rings (SSSR count). The Balaban J connectivity index is 2.21. The van der Waals surface area contributed by atoms with Crippen LogP contribution in [0.5, 0.6) is 0 Å². The second kappa shape index (κ2) is 11.3. The summed E-state index contributed by atoms with van der Waals surface area (Å²) in [6.07, 6.45) is 8.87. The molecule has 0 aliphatic carbocycles. The van der Waals surface area contributed by atoms with E-state index in [1.165, 1.54) is 30.6 Å². The molecule has 5 nitrogen and oxygen atoms in total. The van der Waals surface area contributed by atoms with E-state index in [1.54, 1.807) is 0 Å². The van der Waals surface area contributed by atoms with Gasteiger partial charge in [0.2, 0.25) is 0 Å². The Morgan fingerprint density at radius 1 is 0.955 bits per heavy atom. The molecule has 1 atom stereocenters. The van der Waals surface area contributed by atoms with E-state index in [9.17, 15) is 9.59 Å². The van der Waals surface area contributed by atoms with Crippen molar-refractivity contribution in [2.45, 2.75) is 77.7 Å². The summed E-state index contributed by atoms with van der Waals surface area (Å²) in [4.78, 5) is 25.5. The zero-order valence-corrected chi connectivity index (χ0v) is 14.1. The summed E-state index contributed by atoms with van der Waals surface area (Å²) in [6, 6.07) is -0.454. The van der Waals surface area contributed by atoms with E-state index in [1.807, 2.05) is 6.92 Å². The SMILES string of the molecule is CCCCCCCCOC(=O)[C@@H]1CCCN1C(=O)OCCC. The van der Waals surface area contributed by atoms with Gasteiger partial charge in [-0.05, 0) is 25.7 Å². The Hall–Kier alpha value is -1.26. The molecule has 22 heavy (non-hydrogen) atoms. The van der Waals surface area contributed by atoms with Crippen molar-refractivity contribution in [1.29, 1.82) is 0 Å². The first-order valence-electron chi connectivity index (χ1n) is 8.80. The molecule has 0 saturated carbocycles. The van der Waals surface area contributed by atoms with Crippen molar-refractivity contribution in [3.63, 3.8) is 0 Å². The van der Waals surface area contributed by atoms with E-state index in [-0.39, 0.29) is 12.1 Å². The number of amides is 1. The van der Waals surface area contributed by atoms with E-state index in [0.717, 1.165) is 25.7 Å². The summed E-state index contributed by atoms with van der Waals surface area (Å²) in [5.41, 5.74) is 0. The van der Waals surface area contributed by atoms with Crippen LogP contribution in [0.4, 0.5) is 4.79 Å². The molecule has 1 aliphatic rings. The number of nitrogens with zero attached hydrogens (tertiary/aromatic N) is 1. The number of ether oxygens (including phenoxy) is 2. The van der Waals surface area contributed by atoms with Gasteiger partial charge in [0, 0.05) is 6.54 Å². The maximum Gasteiger partial charge on any atom is 0.410 e. The molecule has 0 bridgehead atoms. The van der Waals surface area contributed by atoms with Gasteiger partial charge in [0.25, 0.3) is 0 Å². The fourth-order valence-electron chi connectivity index (χ4n) is 2.65. The molecule has 0 N–H and O–H groups in total. The lowest BCUT2D eigenvalue weighted by atomic mass is 10.1. The number of hydrogen-bond donors (Lipinski definition) is 0. The van der Waals surface area contributed by atoms with Crippen molar-refractivity contribution >= 4 is 12.1 Å². The number of unbranched alkanes of at least 4 members (excludes halogenated alkanes) is 5. The minimum Gasteiger partial charge on any atom is -0.464 e. The Labute approximate surface area is 134 Å². The molecule has 0 unspecified atom stereocenters. The average Bonchev–Trinajstić information content (AvgIpc) is 3.01. The molecule has 1 heterocycles. The standard InChI is InChI=1S/C17H31NO4/c1-3-5-6-7-8-9-14-21-16(19)15-11-10-12-18(15)17(20)22-13-4-2/h15H,3-14H2,1-2H3/t15-/m0/s1. The molecular weight excluding hydrogens is 282 g/mol. The van der Waals surface area contributed by atoms with Crippen molar-refractivity contribution < 1.29 is 19.1 Å². The van der Waals surface area contributed by atoms with Gasteiger partial charge >= 0.3 is 12.1 Å². The molecule has 0 radical (unpaired) electrons. The number of esters is 1. The zero-order valence-electron chi connectivity index (χ0n) is 14.1. The van der Waals surface area contributed by atoms with Crippen LogP contribution in [0.25, 0.3) is 0 Å². The van der Waals surface area contributed by atoms with Gasteiger partial charge in [-0.15, -0.1) is 0 Å². The molecule has 0 aromatic rings. The highest BCUT2D eigenvalue weighted by atomic mass is 16.6. The van der Waals surface area contributed by atoms with Gasteiger partial charge < -0.3 is 9.47 Å². The van der Waals surface area contributed by atoms with Gasteiger partial charge in [0.1, 0.15) is 6.04 Å². The lowest BCUT2D eigenvalue weighted by Crippen LogP contribution is -2.41. The molecular formula is C17H31NO4. The summed E-state index contributed by atoms with van der Waals surface area (Å²) < 4.78 is 10.4. The van der Waals surface area contributed by atoms with Gasteiger partial charge in [-0.1, -0.05) is 46.0 Å². The van der Waals surface area contributed by atoms with Crippen LogP contribution in [0.15, 0.2) is 0 Å². The van der Waals surface area contributed by atoms with Crippen LogP contribution >= 0.6 is 0 Å². The van der Waals surface area contributed by atoms with Crippen LogP contribution in [-0.4, -0.2) is 42.8 Å². The molecule has 0 aromatic carbocycles. The molecule has 1 amide bonds. The highest BCUT2D eigenvalue weighted by Gasteiger charge is 2.36. The summed E-state index contributed by atoms with van der Waals surface area (Å²) >= 11 is 0. The van der Waals surface area contributed by atoms with Crippen molar-refractivity contribution in [1.82, 2.24) is 4.90 Å². The first-order valence-corrected chi connectivity index (χ1v) is 8.80. The number of carbonyl (C=O) groups excluding carboxylic acids is 2. The first-order chi connectivity index (χ1) is 10.7. The van der Waals surface area contributed by atoms with Crippen molar-refractivity contribution in [2.75, 3.05) is 19.8 Å². The fourth-order valence-corrected chi connectivity index (χ4v) is 2.65. The van der Waals surface area contributed by atoms with E-state index >= 15 is 0 Å². The quantitative estimate of drug-likeness (QED) is 0.453. The van der Waals surface area contributed by atoms with Crippen LogP contribution in [0.2, 0.25) is 0 Å².